The van der Waals surface area contributed by atoms with Crippen LogP contribution < -0.4 is 5.32 Å². The summed E-state index contributed by atoms with van der Waals surface area (Å²) in [6.07, 6.45) is 3.69. The van der Waals surface area contributed by atoms with E-state index in [2.05, 4.69) is 64.6 Å². The van der Waals surface area contributed by atoms with Crippen molar-refractivity contribution in [3.63, 3.8) is 0 Å². The average molecular weight is 398 g/mol. The average Bonchev–Trinajstić information content (AvgIpc) is 3.34. The van der Waals surface area contributed by atoms with Crippen LogP contribution in [-0.2, 0) is 0 Å². The van der Waals surface area contributed by atoms with Gasteiger partial charge in [-0.1, -0.05) is 6.07 Å². The van der Waals surface area contributed by atoms with Crippen LogP contribution >= 0.6 is 23.6 Å². The molecule has 7 heteroatoms. The summed E-state index contributed by atoms with van der Waals surface area (Å²) in [4.78, 5) is 11.4. The fourth-order valence-electron chi connectivity index (χ4n) is 3.96. The van der Waals surface area contributed by atoms with Gasteiger partial charge in [-0.15, -0.1) is 11.3 Å². The molecule has 140 valence electrons. The molecule has 0 saturated carbocycles. The maximum absolute atomic E-state index is 5.70. The number of hydrogen-bond donors (Lipinski definition) is 1. The Morgan fingerprint density at radius 1 is 1.19 bits per heavy atom. The molecule has 4 heterocycles. The van der Waals surface area contributed by atoms with Crippen LogP contribution in [0, 0.1) is 13.8 Å². The molecule has 3 aromatic rings. The maximum atomic E-state index is 5.70. The highest BCUT2D eigenvalue weighted by molar-refractivity contribution is 7.80. The van der Waals surface area contributed by atoms with Gasteiger partial charge in [-0.05, 0) is 63.7 Å². The molecule has 1 fully saturated rings. The summed E-state index contributed by atoms with van der Waals surface area (Å²) in [6, 6.07) is 8.70. The van der Waals surface area contributed by atoms with Gasteiger partial charge in [-0.25, -0.2) is 4.98 Å². The number of pyridine rings is 1. The number of aromatic nitrogens is 3. The zero-order valence-corrected chi connectivity index (χ0v) is 17.5. The summed E-state index contributed by atoms with van der Waals surface area (Å²) in [7, 11) is 0. The van der Waals surface area contributed by atoms with E-state index in [0.717, 1.165) is 15.9 Å². The topological polar surface area (TPSA) is 46.0 Å². The lowest BCUT2D eigenvalue weighted by Crippen LogP contribution is -2.35. The third-order valence-corrected chi connectivity index (χ3v) is 6.18. The van der Waals surface area contributed by atoms with Crippen molar-refractivity contribution in [1.82, 2.24) is 24.8 Å². The van der Waals surface area contributed by atoms with E-state index in [9.17, 15) is 0 Å². The van der Waals surface area contributed by atoms with E-state index in [1.54, 1.807) is 11.3 Å². The second-order valence-electron chi connectivity index (χ2n) is 7.10. The highest BCUT2D eigenvalue weighted by Gasteiger charge is 2.42. The monoisotopic (exact) mass is 397 g/mol. The van der Waals surface area contributed by atoms with Crippen LogP contribution in [0.3, 0.4) is 0 Å². The van der Waals surface area contributed by atoms with Crippen LogP contribution in [0.25, 0.3) is 5.13 Å². The minimum atomic E-state index is 0.0198. The van der Waals surface area contributed by atoms with Gasteiger partial charge in [0.25, 0.3) is 0 Å². The summed E-state index contributed by atoms with van der Waals surface area (Å²) in [5, 5.41) is 7.30. The smallest absolute Gasteiger partial charge is 0.193 e. The van der Waals surface area contributed by atoms with Crippen molar-refractivity contribution in [2.24, 2.45) is 0 Å². The summed E-state index contributed by atoms with van der Waals surface area (Å²) in [6.45, 7) is 8.66. The van der Waals surface area contributed by atoms with Crippen LogP contribution in [0.2, 0.25) is 0 Å². The lowest BCUT2D eigenvalue weighted by Gasteiger charge is -2.31. The Morgan fingerprint density at radius 2 is 2.00 bits per heavy atom. The molecular formula is C20H23N5S2. The Balaban J connectivity index is 1.86. The van der Waals surface area contributed by atoms with Gasteiger partial charge in [0.05, 0.1) is 17.8 Å². The van der Waals surface area contributed by atoms with Gasteiger partial charge in [0.15, 0.2) is 10.2 Å². The molecule has 1 aliphatic heterocycles. The van der Waals surface area contributed by atoms with Crippen molar-refractivity contribution >= 4 is 28.7 Å². The van der Waals surface area contributed by atoms with Crippen LogP contribution in [-0.4, -0.2) is 30.6 Å². The van der Waals surface area contributed by atoms with E-state index < -0.39 is 0 Å². The first kappa shape index (κ1) is 18.1. The highest BCUT2D eigenvalue weighted by atomic mass is 32.1. The van der Waals surface area contributed by atoms with Crippen molar-refractivity contribution in [3.8, 4) is 5.13 Å². The molecule has 0 radical (unpaired) electrons. The second-order valence-corrected chi connectivity index (χ2v) is 8.36. The molecule has 1 saturated heterocycles. The van der Waals surface area contributed by atoms with Gasteiger partial charge in [0, 0.05) is 35.2 Å². The van der Waals surface area contributed by atoms with Gasteiger partial charge in [0.1, 0.15) is 0 Å². The van der Waals surface area contributed by atoms with E-state index in [-0.39, 0.29) is 18.1 Å². The highest BCUT2D eigenvalue weighted by Crippen LogP contribution is 2.42. The minimum absolute atomic E-state index is 0.0198. The number of thiocarbonyl (C=S) groups is 1. The molecule has 3 aromatic heterocycles. The Labute approximate surface area is 169 Å². The van der Waals surface area contributed by atoms with Crippen molar-refractivity contribution in [3.05, 3.63) is 64.7 Å². The summed E-state index contributed by atoms with van der Waals surface area (Å²) in [5.41, 5.74) is 4.65. The predicted molar refractivity (Wildman–Crippen MR) is 113 cm³/mol. The van der Waals surface area contributed by atoms with E-state index in [4.69, 9.17) is 12.2 Å². The molecule has 1 aliphatic rings. The first-order chi connectivity index (χ1) is 13.0. The van der Waals surface area contributed by atoms with Gasteiger partial charge >= 0.3 is 0 Å². The van der Waals surface area contributed by atoms with E-state index in [1.807, 2.05) is 29.9 Å². The Bertz CT molecular complexity index is 946. The molecule has 0 aliphatic carbocycles. The number of hydrogen-bond acceptors (Lipinski definition) is 4. The molecule has 1 N–H and O–H groups in total. The zero-order chi connectivity index (χ0) is 19.1. The fourth-order valence-corrected chi connectivity index (χ4v) is 5.16. The predicted octanol–water partition coefficient (Wildman–Crippen LogP) is 4.33. The molecule has 0 bridgehead atoms. The summed E-state index contributed by atoms with van der Waals surface area (Å²) < 4.78 is 2.23. The van der Waals surface area contributed by atoms with Crippen LogP contribution in [0.5, 0.6) is 0 Å². The number of nitrogens with one attached hydrogen (secondary N) is 1. The molecule has 5 nitrogen and oxygen atoms in total. The summed E-state index contributed by atoms with van der Waals surface area (Å²) in [5.74, 6) is 0. The van der Waals surface area contributed by atoms with Gasteiger partial charge in [0.2, 0.25) is 0 Å². The standard InChI is InChI=1S/C20H23N5S2/c1-12(2)24-18(17(23-19(24)26)16-7-5-6-8-21-16)15-11-13(3)25(14(15)4)20-22-9-10-27-20/h5-12,17-18H,1-4H3,(H,23,26)/t17-,18+/m1/s1. The van der Waals surface area contributed by atoms with E-state index in [1.165, 1.54) is 17.0 Å². The lowest BCUT2D eigenvalue weighted by atomic mass is 9.96. The van der Waals surface area contributed by atoms with Crippen LogP contribution in [0.4, 0.5) is 0 Å². The van der Waals surface area contributed by atoms with E-state index >= 15 is 0 Å². The van der Waals surface area contributed by atoms with Crippen LogP contribution in [0.1, 0.15) is 48.6 Å². The largest absolute Gasteiger partial charge is 0.352 e. The van der Waals surface area contributed by atoms with Crippen molar-refractivity contribution in [1.29, 1.82) is 0 Å². The van der Waals surface area contributed by atoms with Crippen molar-refractivity contribution in [2.75, 3.05) is 0 Å². The Kier molecular flexibility index (Phi) is 4.74. The third kappa shape index (κ3) is 3.04. The first-order valence-corrected chi connectivity index (χ1v) is 10.4. The molecular weight excluding hydrogens is 374 g/mol. The molecule has 0 amide bonds. The number of rotatable bonds is 4. The quantitative estimate of drug-likeness (QED) is 0.664. The molecule has 0 unspecified atom stereocenters. The van der Waals surface area contributed by atoms with Gasteiger partial charge in [-0.3, -0.25) is 9.55 Å². The molecule has 0 spiro atoms. The van der Waals surface area contributed by atoms with Gasteiger partial charge < -0.3 is 10.2 Å². The van der Waals surface area contributed by atoms with Crippen molar-refractivity contribution < 1.29 is 0 Å². The molecule has 27 heavy (non-hydrogen) atoms. The Hall–Kier alpha value is -2.25. The summed E-state index contributed by atoms with van der Waals surface area (Å²) >= 11 is 7.35. The number of nitrogens with zero attached hydrogens (tertiary/aromatic N) is 4. The van der Waals surface area contributed by atoms with Crippen molar-refractivity contribution in [2.45, 2.75) is 45.8 Å². The zero-order valence-electron chi connectivity index (χ0n) is 15.9. The molecule has 2 atom stereocenters. The lowest BCUT2D eigenvalue weighted by molar-refractivity contribution is 0.269. The maximum Gasteiger partial charge on any atom is 0.193 e. The minimum Gasteiger partial charge on any atom is -0.352 e. The molecule has 0 aromatic carbocycles. The third-order valence-electron chi connectivity index (χ3n) is 5.09. The van der Waals surface area contributed by atoms with Gasteiger partial charge in [-0.2, -0.15) is 0 Å². The van der Waals surface area contributed by atoms with E-state index in [0.29, 0.717) is 0 Å². The second kappa shape index (κ2) is 7.05. The normalized spacial score (nSPS) is 19.7. The number of aryl methyl sites for hydroxylation is 1. The first-order valence-electron chi connectivity index (χ1n) is 9.07. The molecule has 4 rings (SSSR count). The fraction of sp³-hybridized carbons (Fsp3) is 0.350. The Morgan fingerprint density at radius 3 is 2.63 bits per heavy atom. The SMILES string of the molecule is Cc1cc([C@H]2[C@@H](c3ccccn3)NC(=S)N2C(C)C)c(C)n1-c1nccs1. The van der Waals surface area contributed by atoms with Crippen LogP contribution in [0.15, 0.2) is 42.0 Å². The number of thiazole rings is 1.